The third-order valence-electron chi connectivity index (χ3n) is 1.73. The summed E-state index contributed by atoms with van der Waals surface area (Å²) in [5.74, 6) is 0.876. The molecule has 1 aromatic rings. The Morgan fingerprint density at radius 3 is 2.75 bits per heavy atom. The van der Waals surface area contributed by atoms with Crippen LogP contribution in [-0.2, 0) is 0 Å². The molecule has 0 amide bonds. The fourth-order valence-electron chi connectivity index (χ4n) is 1.09. The van der Waals surface area contributed by atoms with Gasteiger partial charge in [0.25, 0.3) is 5.84 Å². The van der Waals surface area contributed by atoms with E-state index >= 15 is 0 Å². The summed E-state index contributed by atoms with van der Waals surface area (Å²) in [5, 5.41) is 3.07. The highest BCUT2D eigenvalue weighted by Crippen LogP contribution is 2.09. The zero-order valence-electron chi connectivity index (χ0n) is 8.87. The molecular formula is C11H13I2N3. The van der Waals surface area contributed by atoms with Gasteiger partial charge in [0.2, 0.25) is 0 Å². The van der Waals surface area contributed by atoms with Crippen LogP contribution in [0.2, 0.25) is 0 Å². The van der Waals surface area contributed by atoms with Crippen LogP contribution in [0.1, 0.15) is 5.56 Å². The summed E-state index contributed by atoms with van der Waals surface area (Å²) >= 11 is 2.29. The summed E-state index contributed by atoms with van der Waals surface area (Å²) in [6, 6.07) is 8.08. The second kappa shape index (κ2) is 8.68. The van der Waals surface area contributed by atoms with Gasteiger partial charge in [0.1, 0.15) is 0 Å². The van der Waals surface area contributed by atoms with Gasteiger partial charge in [-0.3, -0.25) is 4.99 Å². The highest BCUT2D eigenvalue weighted by atomic mass is 127. The lowest BCUT2D eigenvalue weighted by atomic mass is 10.2. The SMILES string of the molecule is C=C[NH+]=C(NC=NC)c1ccccc1I.[I-]. The molecule has 0 aliphatic rings. The monoisotopic (exact) mass is 441 g/mol. The Labute approximate surface area is 126 Å². The predicted octanol–water partition coefficient (Wildman–Crippen LogP) is -2.49. The van der Waals surface area contributed by atoms with E-state index in [4.69, 9.17) is 0 Å². The molecule has 3 nitrogen and oxygen atoms in total. The van der Waals surface area contributed by atoms with Crippen molar-refractivity contribution in [2.24, 2.45) is 4.99 Å². The molecule has 0 radical (unpaired) electrons. The Balaban J connectivity index is 0.00000225. The van der Waals surface area contributed by atoms with Gasteiger partial charge in [0.05, 0.1) is 11.8 Å². The van der Waals surface area contributed by atoms with Gasteiger partial charge < -0.3 is 24.0 Å². The maximum absolute atomic E-state index is 3.88. The second-order valence-corrected chi connectivity index (χ2v) is 3.90. The topological polar surface area (TPSA) is 38.4 Å². The van der Waals surface area contributed by atoms with Crippen molar-refractivity contribution in [2.45, 2.75) is 0 Å². The van der Waals surface area contributed by atoms with Crippen LogP contribution in [0.3, 0.4) is 0 Å². The summed E-state index contributed by atoms with van der Waals surface area (Å²) in [6.07, 6.45) is 3.27. The van der Waals surface area contributed by atoms with E-state index in [0.29, 0.717) is 0 Å². The zero-order chi connectivity index (χ0) is 11.1. The summed E-state index contributed by atoms with van der Waals surface area (Å²) in [6.45, 7) is 3.64. The predicted molar refractivity (Wildman–Crippen MR) is 72.0 cm³/mol. The Morgan fingerprint density at radius 2 is 2.19 bits per heavy atom. The van der Waals surface area contributed by atoms with Crippen LogP contribution in [0.4, 0.5) is 0 Å². The first-order valence-corrected chi connectivity index (χ1v) is 5.54. The number of nitrogens with one attached hydrogen (secondary N) is 2. The fraction of sp³-hybridized carbons (Fsp3) is 0.0909. The van der Waals surface area contributed by atoms with Crippen LogP contribution in [0.25, 0.3) is 0 Å². The van der Waals surface area contributed by atoms with E-state index in [1.54, 1.807) is 19.6 Å². The molecular weight excluding hydrogens is 428 g/mol. The smallest absolute Gasteiger partial charge is 0.286 e. The van der Waals surface area contributed by atoms with Crippen molar-refractivity contribution in [3.63, 3.8) is 0 Å². The van der Waals surface area contributed by atoms with Gasteiger partial charge >= 0.3 is 0 Å². The van der Waals surface area contributed by atoms with Gasteiger partial charge in [0, 0.05) is 10.6 Å². The standard InChI is InChI=1S/C11H12IN3.HI/c1-3-14-11(15-8-13-2)9-6-4-5-7-10(9)12;/h3-8H,1H2,2H3,(H,13,14,15);1H. The van der Waals surface area contributed by atoms with Gasteiger partial charge in [-0.25, -0.2) is 10.3 Å². The Bertz CT molecular complexity index is 400. The molecule has 16 heavy (non-hydrogen) atoms. The van der Waals surface area contributed by atoms with Crippen molar-refractivity contribution < 1.29 is 29.0 Å². The van der Waals surface area contributed by atoms with Crippen LogP contribution in [-0.4, -0.2) is 19.2 Å². The van der Waals surface area contributed by atoms with Crippen molar-refractivity contribution in [3.05, 3.63) is 46.2 Å². The van der Waals surface area contributed by atoms with Crippen LogP contribution >= 0.6 is 22.6 Å². The minimum Gasteiger partial charge on any atom is -1.00 e. The molecule has 0 aliphatic carbocycles. The first-order valence-electron chi connectivity index (χ1n) is 4.46. The van der Waals surface area contributed by atoms with E-state index in [1.807, 2.05) is 24.3 Å². The third-order valence-corrected chi connectivity index (χ3v) is 2.67. The van der Waals surface area contributed by atoms with E-state index < -0.39 is 0 Å². The van der Waals surface area contributed by atoms with Gasteiger partial charge in [-0.2, -0.15) is 0 Å². The van der Waals surface area contributed by atoms with E-state index in [1.165, 1.54) is 0 Å². The van der Waals surface area contributed by atoms with E-state index in [2.05, 4.69) is 44.5 Å². The highest BCUT2D eigenvalue weighted by Gasteiger charge is 2.10. The highest BCUT2D eigenvalue weighted by molar-refractivity contribution is 14.1. The molecule has 0 saturated carbocycles. The quantitative estimate of drug-likeness (QED) is 0.305. The van der Waals surface area contributed by atoms with Gasteiger partial charge in [-0.1, -0.05) is 18.7 Å². The molecule has 5 heteroatoms. The molecule has 0 heterocycles. The lowest BCUT2D eigenvalue weighted by molar-refractivity contribution is -0.373. The normalized spacial score (nSPS) is 11.0. The second-order valence-electron chi connectivity index (χ2n) is 2.73. The fourth-order valence-corrected chi connectivity index (χ4v) is 1.75. The average Bonchev–Trinajstić information content (AvgIpc) is 2.25. The van der Waals surface area contributed by atoms with Gasteiger partial charge in [-0.15, -0.1) is 0 Å². The van der Waals surface area contributed by atoms with E-state index in [0.717, 1.165) is 15.0 Å². The van der Waals surface area contributed by atoms with Crippen molar-refractivity contribution in [1.29, 1.82) is 0 Å². The number of amidine groups is 1. The first-order chi connectivity index (χ1) is 7.29. The maximum Gasteiger partial charge on any atom is 0.286 e. The number of benzene rings is 1. The molecule has 0 spiro atoms. The minimum absolute atomic E-state index is 0. The molecule has 0 aromatic heterocycles. The van der Waals surface area contributed by atoms with Crippen molar-refractivity contribution >= 4 is 34.8 Å². The lowest BCUT2D eigenvalue weighted by Crippen LogP contribution is -3.00. The first kappa shape index (κ1) is 15.6. The molecule has 1 aromatic carbocycles. The molecule has 0 bridgehead atoms. The zero-order valence-corrected chi connectivity index (χ0v) is 13.2. The maximum atomic E-state index is 3.88. The van der Waals surface area contributed by atoms with Crippen LogP contribution < -0.4 is 34.3 Å². The van der Waals surface area contributed by atoms with Gasteiger partial charge in [-0.05, 0) is 34.7 Å². The largest absolute Gasteiger partial charge is 1.00 e. The summed E-state index contributed by atoms with van der Waals surface area (Å²) < 4.78 is 1.16. The number of nitrogens with zero attached hydrogens (tertiary/aromatic N) is 1. The van der Waals surface area contributed by atoms with E-state index in [-0.39, 0.29) is 24.0 Å². The van der Waals surface area contributed by atoms with Crippen molar-refractivity contribution in [3.8, 4) is 0 Å². The molecule has 2 N–H and O–H groups in total. The van der Waals surface area contributed by atoms with Crippen molar-refractivity contribution in [1.82, 2.24) is 5.32 Å². The molecule has 1 rings (SSSR count). The number of aliphatic imine (C=N–C) groups is 1. The molecule has 0 atom stereocenters. The molecule has 0 fully saturated rings. The molecule has 0 unspecified atom stereocenters. The lowest BCUT2D eigenvalue weighted by Gasteiger charge is -2.00. The van der Waals surface area contributed by atoms with E-state index in [9.17, 15) is 0 Å². The minimum atomic E-state index is 0. The Hall–Kier alpha value is -0.440. The Morgan fingerprint density at radius 1 is 1.50 bits per heavy atom. The summed E-state index contributed by atoms with van der Waals surface area (Å²) in [5.41, 5.74) is 1.10. The number of rotatable bonds is 3. The number of halogens is 2. The average molecular weight is 441 g/mol. The number of hydrogen-bond donors (Lipinski definition) is 2. The number of hydrogen-bond acceptors (Lipinski definition) is 1. The van der Waals surface area contributed by atoms with Gasteiger partial charge in [0.15, 0.2) is 6.34 Å². The molecule has 0 saturated heterocycles. The molecule has 0 aliphatic heterocycles. The third kappa shape index (κ3) is 4.60. The van der Waals surface area contributed by atoms with Crippen molar-refractivity contribution in [2.75, 3.05) is 7.05 Å². The van der Waals surface area contributed by atoms with Crippen LogP contribution in [0.5, 0.6) is 0 Å². The summed E-state index contributed by atoms with van der Waals surface area (Å²) in [7, 11) is 1.72. The summed E-state index contributed by atoms with van der Waals surface area (Å²) in [4.78, 5) is 6.93. The van der Waals surface area contributed by atoms with Crippen LogP contribution in [0, 0.1) is 3.57 Å². The molecule has 86 valence electrons. The Kier molecular flexibility index (Phi) is 8.44. The van der Waals surface area contributed by atoms with Crippen LogP contribution in [0.15, 0.2) is 42.0 Å².